The first-order chi connectivity index (χ1) is 4.77. The summed E-state index contributed by atoms with van der Waals surface area (Å²) in [6.45, 7) is 0. The second-order valence-corrected chi connectivity index (χ2v) is 2.47. The Hall–Kier alpha value is -1.08. The quantitative estimate of drug-likeness (QED) is 0.622. The molecule has 2 N–H and O–H groups in total. The molecule has 10 heavy (non-hydrogen) atoms. The topological polar surface area (TPSA) is 63.0 Å². The third-order valence-corrected chi connectivity index (χ3v) is 1.66. The Morgan fingerprint density at radius 1 is 1.80 bits per heavy atom. The van der Waals surface area contributed by atoms with Crippen molar-refractivity contribution in [1.82, 2.24) is 0 Å². The molecule has 0 aliphatic carbocycles. The maximum Gasteiger partial charge on any atom is 0.209 e. The van der Waals surface area contributed by atoms with E-state index in [0.29, 0.717) is 10.7 Å². The average molecular weight is 154 g/mol. The van der Waals surface area contributed by atoms with Gasteiger partial charge in [0, 0.05) is 6.07 Å². The van der Waals surface area contributed by atoms with Crippen LogP contribution in [-0.4, -0.2) is 6.26 Å². The summed E-state index contributed by atoms with van der Waals surface area (Å²) in [5, 5.41) is 9.10. The van der Waals surface area contributed by atoms with E-state index < -0.39 is 0 Å². The number of thioether (sulfide) groups is 1. The second kappa shape index (κ2) is 2.67. The normalized spacial score (nSPS) is 9.20. The summed E-state index contributed by atoms with van der Waals surface area (Å²) < 4.78 is 4.97. The Morgan fingerprint density at radius 3 is 2.80 bits per heavy atom. The summed E-state index contributed by atoms with van der Waals surface area (Å²) in [4.78, 5) is 0. The lowest BCUT2D eigenvalue weighted by molar-refractivity contribution is 0.493. The summed E-state index contributed by atoms with van der Waals surface area (Å²) in [7, 11) is 0. The van der Waals surface area contributed by atoms with Crippen molar-refractivity contribution in [3.05, 3.63) is 11.6 Å². The highest BCUT2D eigenvalue weighted by molar-refractivity contribution is 7.98. The molecule has 3 nitrogen and oxygen atoms in total. The van der Waals surface area contributed by atoms with Crippen molar-refractivity contribution in [1.29, 1.82) is 5.26 Å². The third kappa shape index (κ3) is 1.09. The average Bonchev–Trinajstić information content (AvgIpc) is 2.30. The van der Waals surface area contributed by atoms with Gasteiger partial charge in [-0.1, -0.05) is 11.8 Å². The highest BCUT2D eigenvalue weighted by Gasteiger charge is 2.04. The Bertz CT molecular complexity index is 274. The zero-order valence-electron chi connectivity index (χ0n) is 5.42. The number of nitrogens with zero attached hydrogens (tertiary/aromatic N) is 1. The van der Waals surface area contributed by atoms with Gasteiger partial charge in [0.15, 0.2) is 5.09 Å². The van der Waals surface area contributed by atoms with Crippen LogP contribution in [0, 0.1) is 11.3 Å². The van der Waals surface area contributed by atoms with E-state index in [9.17, 15) is 0 Å². The van der Waals surface area contributed by atoms with Gasteiger partial charge in [-0.25, -0.2) is 0 Å². The molecule has 0 unspecified atom stereocenters. The number of furan rings is 1. The molecule has 1 rings (SSSR count). The lowest BCUT2D eigenvalue weighted by Crippen LogP contribution is -1.81. The zero-order chi connectivity index (χ0) is 7.56. The molecule has 0 aliphatic rings. The van der Waals surface area contributed by atoms with Crippen molar-refractivity contribution in [2.24, 2.45) is 0 Å². The van der Waals surface area contributed by atoms with Crippen LogP contribution in [0.5, 0.6) is 0 Å². The van der Waals surface area contributed by atoms with Crippen molar-refractivity contribution in [3.63, 3.8) is 0 Å². The van der Waals surface area contributed by atoms with Gasteiger partial charge < -0.3 is 10.2 Å². The number of rotatable bonds is 1. The van der Waals surface area contributed by atoms with Crippen LogP contribution < -0.4 is 5.73 Å². The van der Waals surface area contributed by atoms with Gasteiger partial charge in [0.1, 0.15) is 11.6 Å². The predicted molar refractivity (Wildman–Crippen MR) is 39.6 cm³/mol. The van der Waals surface area contributed by atoms with Crippen LogP contribution in [0.3, 0.4) is 0 Å². The van der Waals surface area contributed by atoms with Gasteiger partial charge in [0.25, 0.3) is 0 Å². The molecule has 0 fully saturated rings. The van der Waals surface area contributed by atoms with Crippen LogP contribution >= 0.6 is 11.8 Å². The predicted octanol–water partition coefficient (Wildman–Crippen LogP) is 1.46. The number of hydrogen-bond acceptors (Lipinski definition) is 4. The molecule has 0 amide bonds. The monoisotopic (exact) mass is 154 g/mol. The summed E-state index contributed by atoms with van der Waals surface area (Å²) in [5.41, 5.74) is 5.73. The molecule has 0 spiro atoms. The number of nitrogen functional groups attached to an aromatic ring is 1. The highest BCUT2D eigenvalue weighted by Crippen LogP contribution is 2.23. The smallest absolute Gasteiger partial charge is 0.209 e. The minimum absolute atomic E-state index is 0.201. The lowest BCUT2D eigenvalue weighted by Gasteiger charge is -1.82. The molecule has 0 radical (unpaired) electrons. The van der Waals surface area contributed by atoms with Crippen molar-refractivity contribution in [3.8, 4) is 6.07 Å². The van der Waals surface area contributed by atoms with Crippen molar-refractivity contribution >= 4 is 17.6 Å². The Morgan fingerprint density at radius 2 is 2.50 bits per heavy atom. The van der Waals surface area contributed by atoms with Gasteiger partial charge in [0.05, 0.1) is 0 Å². The second-order valence-electron chi connectivity index (χ2n) is 1.66. The SMILES string of the molecule is CSc1cc(C#N)c(N)o1. The number of anilines is 1. The molecule has 0 aromatic carbocycles. The molecular weight excluding hydrogens is 148 g/mol. The van der Waals surface area contributed by atoms with Crippen LogP contribution in [0.15, 0.2) is 15.6 Å². The molecule has 1 aromatic heterocycles. The lowest BCUT2D eigenvalue weighted by atomic mass is 10.4. The van der Waals surface area contributed by atoms with E-state index in [1.165, 1.54) is 11.8 Å². The molecule has 52 valence electrons. The van der Waals surface area contributed by atoms with E-state index >= 15 is 0 Å². The molecule has 1 heterocycles. The van der Waals surface area contributed by atoms with E-state index in [2.05, 4.69) is 0 Å². The first kappa shape index (κ1) is 7.03. The Kier molecular flexibility index (Phi) is 1.88. The summed E-state index contributed by atoms with van der Waals surface area (Å²) in [5.74, 6) is 0.201. The molecule has 4 heteroatoms. The van der Waals surface area contributed by atoms with Crippen molar-refractivity contribution < 1.29 is 4.42 Å². The molecule has 0 atom stereocenters. The largest absolute Gasteiger partial charge is 0.433 e. The van der Waals surface area contributed by atoms with Crippen LogP contribution in [0.1, 0.15) is 5.56 Å². The van der Waals surface area contributed by atoms with E-state index in [-0.39, 0.29) is 5.88 Å². The minimum atomic E-state index is 0.201. The van der Waals surface area contributed by atoms with Crippen LogP contribution in [-0.2, 0) is 0 Å². The van der Waals surface area contributed by atoms with Gasteiger partial charge in [-0.05, 0) is 6.26 Å². The fourth-order valence-electron chi connectivity index (χ4n) is 0.570. The first-order valence-electron chi connectivity index (χ1n) is 2.61. The summed E-state index contributed by atoms with van der Waals surface area (Å²) in [6.07, 6.45) is 1.86. The molecule has 0 saturated carbocycles. The van der Waals surface area contributed by atoms with E-state index in [1.807, 2.05) is 12.3 Å². The Balaban J connectivity index is 3.07. The molecular formula is C6H6N2OS. The summed E-state index contributed by atoms with van der Waals surface area (Å²) >= 11 is 1.42. The van der Waals surface area contributed by atoms with Crippen LogP contribution in [0.2, 0.25) is 0 Å². The first-order valence-corrected chi connectivity index (χ1v) is 3.83. The zero-order valence-corrected chi connectivity index (χ0v) is 6.23. The Labute approximate surface area is 62.8 Å². The van der Waals surface area contributed by atoms with Gasteiger partial charge in [0.2, 0.25) is 5.88 Å². The maximum absolute atomic E-state index is 8.43. The van der Waals surface area contributed by atoms with E-state index in [4.69, 9.17) is 15.4 Å². The van der Waals surface area contributed by atoms with Crippen molar-refractivity contribution in [2.75, 3.05) is 12.0 Å². The standard InChI is InChI=1S/C6H6N2OS/c1-10-5-2-4(3-7)6(8)9-5/h2H,8H2,1H3. The van der Waals surface area contributed by atoms with Crippen molar-refractivity contribution in [2.45, 2.75) is 5.09 Å². The molecule has 0 aliphatic heterocycles. The molecule has 0 bridgehead atoms. The van der Waals surface area contributed by atoms with Crippen LogP contribution in [0.25, 0.3) is 0 Å². The molecule has 1 aromatic rings. The van der Waals surface area contributed by atoms with E-state index in [0.717, 1.165) is 0 Å². The molecule has 0 saturated heterocycles. The van der Waals surface area contributed by atoms with Gasteiger partial charge in [-0.15, -0.1) is 0 Å². The fourth-order valence-corrected chi connectivity index (χ4v) is 0.979. The fraction of sp³-hybridized carbons (Fsp3) is 0.167. The highest BCUT2D eigenvalue weighted by atomic mass is 32.2. The maximum atomic E-state index is 8.43. The van der Waals surface area contributed by atoms with Gasteiger partial charge >= 0.3 is 0 Å². The number of nitrogens with two attached hydrogens (primary N) is 1. The van der Waals surface area contributed by atoms with Gasteiger partial charge in [-0.2, -0.15) is 5.26 Å². The number of hydrogen-bond donors (Lipinski definition) is 1. The summed E-state index contributed by atoms with van der Waals surface area (Å²) in [6, 6.07) is 3.54. The van der Waals surface area contributed by atoms with Gasteiger partial charge in [-0.3, -0.25) is 0 Å². The number of nitriles is 1. The van der Waals surface area contributed by atoms with Crippen LogP contribution in [0.4, 0.5) is 5.88 Å². The van der Waals surface area contributed by atoms with E-state index in [1.54, 1.807) is 6.07 Å². The third-order valence-electron chi connectivity index (χ3n) is 1.06. The minimum Gasteiger partial charge on any atom is -0.433 e.